The Balaban J connectivity index is 2.19. The number of halogens is 1. The molecule has 1 aromatic rings. The molecule has 0 N–H and O–H groups in total. The van der Waals surface area contributed by atoms with Gasteiger partial charge in [-0.3, -0.25) is 4.68 Å². The summed E-state index contributed by atoms with van der Waals surface area (Å²) in [4.78, 5) is 0. The van der Waals surface area contributed by atoms with Crippen LogP contribution in [0, 0.1) is 0 Å². The second kappa shape index (κ2) is 2.38. The van der Waals surface area contributed by atoms with E-state index in [1.165, 1.54) is 12.8 Å². The topological polar surface area (TPSA) is 17.8 Å². The maximum atomic E-state index is 4.36. The first-order valence-electron chi connectivity index (χ1n) is 3.50. The SMILES string of the molecule is BrCc1ccn(C2CC2)n1. The monoisotopic (exact) mass is 200 g/mol. The van der Waals surface area contributed by atoms with Gasteiger partial charge in [-0.1, -0.05) is 15.9 Å². The zero-order valence-corrected chi connectivity index (χ0v) is 7.21. The standard InChI is InChI=1S/C7H9BrN2/c8-5-6-3-4-10(9-6)7-1-2-7/h3-4,7H,1-2,5H2. The molecule has 1 aliphatic carbocycles. The number of hydrogen-bond donors (Lipinski definition) is 0. The molecule has 0 amide bonds. The maximum Gasteiger partial charge on any atom is 0.0730 e. The van der Waals surface area contributed by atoms with Gasteiger partial charge in [0.05, 0.1) is 11.7 Å². The van der Waals surface area contributed by atoms with Gasteiger partial charge in [0.25, 0.3) is 0 Å². The summed E-state index contributed by atoms with van der Waals surface area (Å²) >= 11 is 3.36. The summed E-state index contributed by atoms with van der Waals surface area (Å²) in [6.07, 6.45) is 4.68. The van der Waals surface area contributed by atoms with Gasteiger partial charge in [-0.2, -0.15) is 5.10 Å². The predicted octanol–water partition coefficient (Wildman–Crippen LogP) is 2.11. The maximum absolute atomic E-state index is 4.36. The Hall–Kier alpha value is -0.310. The van der Waals surface area contributed by atoms with Crippen molar-refractivity contribution >= 4 is 15.9 Å². The summed E-state index contributed by atoms with van der Waals surface area (Å²) in [7, 11) is 0. The Bertz CT molecular complexity index is 227. The molecule has 1 heterocycles. The van der Waals surface area contributed by atoms with E-state index >= 15 is 0 Å². The van der Waals surface area contributed by atoms with Gasteiger partial charge in [0.1, 0.15) is 0 Å². The molecule has 2 rings (SSSR count). The number of rotatable bonds is 2. The van der Waals surface area contributed by atoms with Crippen LogP contribution < -0.4 is 0 Å². The lowest BCUT2D eigenvalue weighted by Crippen LogP contribution is -1.94. The average molecular weight is 201 g/mol. The minimum absolute atomic E-state index is 0.716. The van der Waals surface area contributed by atoms with Crippen molar-refractivity contribution in [2.75, 3.05) is 0 Å². The van der Waals surface area contributed by atoms with Gasteiger partial charge in [0.15, 0.2) is 0 Å². The van der Waals surface area contributed by atoms with Crippen LogP contribution in [0.3, 0.4) is 0 Å². The van der Waals surface area contributed by atoms with Gasteiger partial charge in [0.2, 0.25) is 0 Å². The summed E-state index contributed by atoms with van der Waals surface area (Å²) in [5.74, 6) is 0. The number of aromatic nitrogens is 2. The van der Waals surface area contributed by atoms with Crippen LogP contribution in [0.25, 0.3) is 0 Å². The van der Waals surface area contributed by atoms with E-state index < -0.39 is 0 Å². The molecule has 1 aromatic heterocycles. The van der Waals surface area contributed by atoms with Crippen LogP contribution >= 0.6 is 15.9 Å². The summed E-state index contributed by atoms with van der Waals surface area (Å²) in [5, 5.41) is 5.23. The number of alkyl halides is 1. The predicted molar refractivity (Wildman–Crippen MR) is 43.1 cm³/mol. The van der Waals surface area contributed by atoms with E-state index in [0.717, 1.165) is 11.0 Å². The molecule has 0 atom stereocenters. The average Bonchev–Trinajstić information content (AvgIpc) is 2.70. The van der Waals surface area contributed by atoms with Crippen LogP contribution in [-0.4, -0.2) is 9.78 Å². The molecule has 0 radical (unpaired) electrons. The van der Waals surface area contributed by atoms with E-state index in [2.05, 4.69) is 38.0 Å². The molecule has 2 nitrogen and oxygen atoms in total. The molecule has 1 aliphatic rings. The van der Waals surface area contributed by atoms with Crippen LogP contribution in [0.2, 0.25) is 0 Å². The Morgan fingerprint density at radius 1 is 1.70 bits per heavy atom. The van der Waals surface area contributed by atoms with Gasteiger partial charge >= 0.3 is 0 Å². The van der Waals surface area contributed by atoms with Gasteiger partial charge in [-0.25, -0.2) is 0 Å². The van der Waals surface area contributed by atoms with Crippen LogP contribution in [0.5, 0.6) is 0 Å². The highest BCUT2D eigenvalue weighted by Gasteiger charge is 2.23. The fraction of sp³-hybridized carbons (Fsp3) is 0.571. The molecule has 1 fully saturated rings. The van der Waals surface area contributed by atoms with Crippen LogP contribution in [0.15, 0.2) is 12.3 Å². The Labute approximate surface area is 68.4 Å². The minimum atomic E-state index is 0.716. The van der Waals surface area contributed by atoms with Crippen molar-refractivity contribution in [2.24, 2.45) is 0 Å². The van der Waals surface area contributed by atoms with Gasteiger partial charge < -0.3 is 0 Å². The third-order valence-corrected chi connectivity index (χ3v) is 2.30. The summed E-state index contributed by atoms with van der Waals surface area (Å²) in [5.41, 5.74) is 1.13. The molecular weight excluding hydrogens is 192 g/mol. The molecule has 0 unspecified atom stereocenters. The van der Waals surface area contributed by atoms with Crippen molar-refractivity contribution in [3.63, 3.8) is 0 Å². The molecule has 0 spiro atoms. The highest BCUT2D eigenvalue weighted by atomic mass is 79.9. The zero-order valence-electron chi connectivity index (χ0n) is 5.63. The molecule has 0 aliphatic heterocycles. The van der Waals surface area contributed by atoms with Crippen LogP contribution in [0.1, 0.15) is 24.6 Å². The number of nitrogens with zero attached hydrogens (tertiary/aromatic N) is 2. The van der Waals surface area contributed by atoms with Gasteiger partial charge in [0, 0.05) is 11.5 Å². The molecular formula is C7H9BrN2. The van der Waals surface area contributed by atoms with Gasteiger partial charge in [-0.05, 0) is 18.9 Å². The molecule has 0 aromatic carbocycles. The first-order valence-corrected chi connectivity index (χ1v) is 4.62. The third kappa shape index (κ3) is 1.10. The summed E-state index contributed by atoms with van der Waals surface area (Å²) in [6.45, 7) is 0. The van der Waals surface area contributed by atoms with Crippen molar-refractivity contribution in [3.8, 4) is 0 Å². The summed E-state index contributed by atoms with van der Waals surface area (Å²) < 4.78 is 2.07. The lowest BCUT2D eigenvalue weighted by atomic mass is 10.5. The molecule has 10 heavy (non-hydrogen) atoms. The fourth-order valence-corrected chi connectivity index (χ4v) is 1.29. The molecule has 0 bridgehead atoms. The highest BCUT2D eigenvalue weighted by molar-refractivity contribution is 9.08. The largest absolute Gasteiger partial charge is 0.269 e. The minimum Gasteiger partial charge on any atom is -0.269 e. The fourth-order valence-electron chi connectivity index (χ4n) is 0.991. The Kier molecular flexibility index (Phi) is 1.52. The lowest BCUT2D eigenvalue weighted by Gasteiger charge is -1.93. The van der Waals surface area contributed by atoms with Crippen molar-refractivity contribution in [1.82, 2.24) is 9.78 Å². The van der Waals surface area contributed by atoms with Crippen molar-refractivity contribution in [1.29, 1.82) is 0 Å². The van der Waals surface area contributed by atoms with Crippen molar-refractivity contribution in [3.05, 3.63) is 18.0 Å². The van der Waals surface area contributed by atoms with Crippen LogP contribution in [-0.2, 0) is 5.33 Å². The second-order valence-corrected chi connectivity index (χ2v) is 3.21. The van der Waals surface area contributed by atoms with E-state index in [1.54, 1.807) is 0 Å². The van der Waals surface area contributed by atoms with E-state index in [1.807, 2.05) is 0 Å². The first-order chi connectivity index (χ1) is 4.90. The third-order valence-electron chi connectivity index (χ3n) is 1.72. The second-order valence-electron chi connectivity index (χ2n) is 2.65. The zero-order chi connectivity index (χ0) is 6.97. The summed E-state index contributed by atoms with van der Waals surface area (Å²) in [6, 6.07) is 2.78. The van der Waals surface area contributed by atoms with E-state index in [0.29, 0.717) is 6.04 Å². The molecule has 1 saturated carbocycles. The Morgan fingerprint density at radius 3 is 3.00 bits per heavy atom. The number of hydrogen-bond acceptors (Lipinski definition) is 1. The normalized spacial score (nSPS) is 17.7. The Morgan fingerprint density at radius 2 is 2.50 bits per heavy atom. The van der Waals surface area contributed by atoms with E-state index in [-0.39, 0.29) is 0 Å². The van der Waals surface area contributed by atoms with E-state index in [9.17, 15) is 0 Å². The first kappa shape index (κ1) is 6.40. The van der Waals surface area contributed by atoms with Crippen molar-refractivity contribution < 1.29 is 0 Å². The lowest BCUT2D eigenvalue weighted by molar-refractivity contribution is 0.635. The quantitative estimate of drug-likeness (QED) is 0.670. The molecule has 54 valence electrons. The molecule has 3 heteroatoms. The van der Waals surface area contributed by atoms with Crippen LogP contribution in [0.4, 0.5) is 0 Å². The van der Waals surface area contributed by atoms with E-state index in [4.69, 9.17) is 0 Å². The smallest absolute Gasteiger partial charge is 0.0730 e. The van der Waals surface area contributed by atoms with Crippen molar-refractivity contribution in [2.45, 2.75) is 24.2 Å². The molecule has 0 saturated heterocycles. The highest BCUT2D eigenvalue weighted by Crippen LogP contribution is 2.33. The van der Waals surface area contributed by atoms with Gasteiger partial charge in [-0.15, -0.1) is 0 Å².